The van der Waals surface area contributed by atoms with Crippen molar-refractivity contribution in [1.82, 2.24) is 0 Å². The Kier molecular flexibility index (Phi) is 7.91. The highest BCUT2D eigenvalue weighted by molar-refractivity contribution is 6.92. The van der Waals surface area contributed by atoms with Crippen molar-refractivity contribution in [3.8, 4) is 0 Å². The first-order valence-electron chi connectivity index (χ1n) is 11.5. The van der Waals surface area contributed by atoms with Crippen LogP contribution in [0.4, 0.5) is 0 Å². The van der Waals surface area contributed by atoms with Crippen molar-refractivity contribution in [1.29, 1.82) is 0 Å². The van der Waals surface area contributed by atoms with Crippen LogP contribution in [0.2, 0.25) is 31.7 Å². The summed E-state index contributed by atoms with van der Waals surface area (Å²) in [5.74, 6) is -0.0995. The van der Waals surface area contributed by atoms with E-state index in [1.54, 1.807) is 0 Å². The number of carbonyl (C=O) groups excluding carboxylic acids is 1. The molecule has 0 fully saturated rings. The van der Waals surface area contributed by atoms with Crippen molar-refractivity contribution in [2.24, 2.45) is 0 Å². The van der Waals surface area contributed by atoms with Crippen LogP contribution in [0.25, 0.3) is 0 Å². The van der Waals surface area contributed by atoms with Gasteiger partial charge in [-0.15, -0.1) is 0 Å². The quantitative estimate of drug-likeness (QED) is 0.295. The number of hydrogen-bond donors (Lipinski definition) is 0. The minimum absolute atomic E-state index is 0.0995. The van der Waals surface area contributed by atoms with E-state index in [9.17, 15) is 4.79 Å². The molecular weight excluding hydrogens is 424 g/mol. The first-order valence-corrected chi connectivity index (χ1v) is 17.6. The minimum Gasteiger partial charge on any atom is -0.469 e. The van der Waals surface area contributed by atoms with Crippen molar-refractivity contribution < 1.29 is 9.53 Å². The molecule has 0 aromatic heterocycles. The third-order valence-electron chi connectivity index (χ3n) is 7.29. The fourth-order valence-electron chi connectivity index (χ4n) is 4.91. The standard InChI is InChI=1S/C28H36O2Si2/c1-30-28(29)22-26(31(2,3)24-17-11-7-12-18-24)21-27(23-15-9-6-10-16-23)32(4,5)25-19-13-8-14-20-25/h6-20,26-27H,21-22H2,1-5H3/t26-,27+/m1/s1. The van der Waals surface area contributed by atoms with Gasteiger partial charge in [0.1, 0.15) is 0 Å². The molecule has 0 saturated heterocycles. The Balaban J connectivity index is 2.06. The SMILES string of the molecule is COC(=O)C[C@@H](C[C@@H](c1ccccc1)[Si](C)(C)c1ccccc1)[Si](C)(C)c1ccccc1. The second kappa shape index (κ2) is 10.5. The van der Waals surface area contributed by atoms with Crippen LogP contribution >= 0.6 is 0 Å². The zero-order valence-corrected chi connectivity index (χ0v) is 22.0. The summed E-state index contributed by atoms with van der Waals surface area (Å²) in [5.41, 5.74) is 2.09. The van der Waals surface area contributed by atoms with Gasteiger partial charge >= 0.3 is 5.97 Å². The van der Waals surface area contributed by atoms with Gasteiger partial charge in [0.25, 0.3) is 0 Å². The molecule has 0 unspecified atom stereocenters. The van der Waals surface area contributed by atoms with E-state index in [0.717, 1.165) is 6.42 Å². The van der Waals surface area contributed by atoms with E-state index in [4.69, 9.17) is 4.74 Å². The maximum absolute atomic E-state index is 12.5. The molecule has 0 spiro atoms. The molecule has 0 aliphatic heterocycles. The van der Waals surface area contributed by atoms with E-state index in [1.165, 1.54) is 23.0 Å². The molecule has 168 valence electrons. The number of carbonyl (C=O) groups is 1. The van der Waals surface area contributed by atoms with E-state index in [2.05, 4.69) is 117 Å². The van der Waals surface area contributed by atoms with E-state index in [0.29, 0.717) is 12.0 Å². The summed E-state index contributed by atoms with van der Waals surface area (Å²) < 4.78 is 5.16. The second-order valence-electron chi connectivity index (χ2n) is 9.85. The zero-order valence-electron chi connectivity index (χ0n) is 20.0. The smallest absolute Gasteiger partial charge is 0.305 e. The highest BCUT2D eigenvalue weighted by Gasteiger charge is 2.42. The zero-order chi connectivity index (χ0) is 23.2. The first kappa shape index (κ1) is 24.2. The van der Waals surface area contributed by atoms with Crippen LogP contribution in [0.5, 0.6) is 0 Å². The van der Waals surface area contributed by atoms with E-state index >= 15 is 0 Å². The average Bonchev–Trinajstić information content (AvgIpc) is 2.83. The molecule has 0 N–H and O–H groups in total. The van der Waals surface area contributed by atoms with E-state index in [-0.39, 0.29) is 11.5 Å². The van der Waals surface area contributed by atoms with Gasteiger partial charge in [0.15, 0.2) is 0 Å². The normalized spacial score (nSPS) is 13.9. The van der Waals surface area contributed by atoms with Crippen molar-refractivity contribution in [3.63, 3.8) is 0 Å². The summed E-state index contributed by atoms with van der Waals surface area (Å²) >= 11 is 0. The van der Waals surface area contributed by atoms with Crippen LogP contribution in [0.3, 0.4) is 0 Å². The van der Waals surface area contributed by atoms with Gasteiger partial charge in [0, 0.05) is 6.42 Å². The van der Waals surface area contributed by atoms with Crippen LogP contribution < -0.4 is 10.4 Å². The Morgan fingerprint density at radius 3 is 1.62 bits per heavy atom. The predicted molar refractivity (Wildman–Crippen MR) is 141 cm³/mol. The average molecular weight is 461 g/mol. The molecule has 0 saturated carbocycles. The lowest BCUT2D eigenvalue weighted by Gasteiger charge is -2.40. The van der Waals surface area contributed by atoms with Crippen LogP contribution in [0.1, 0.15) is 23.9 Å². The highest BCUT2D eigenvalue weighted by atomic mass is 28.3. The molecule has 0 aliphatic carbocycles. The molecule has 2 atom stereocenters. The van der Waals surface area contributed by atoms with Gasteiger partial charge in [-0.3, -0.25) is 4.79 Å². The molecular formula is C28H36O2Si2. The molecule has 0 bridgehead atoms. The van der Waals surface area contributed by atoms with Gasteiger partial charge in [-0.2, -0.15) is 0 Å². The van der Waals surface area contributed by atoms with Crippen molar-refractivity contribution in [2.75, 3.05) is 7.11 Å². The molecule has 0 amide bonds. The molecule has 0 heterocycles. The summed E-state index contributed by atoms with van der Waals surface area (Å²) in [7, 11) is -2.32. The predicted octanol–water partition coefficient (Wildman–Crippen LogP) is 5.86. The van der Waals surface area contributed by atoms with Crippen molar-refractivity contribution >= 4 is 32.5 Å². The van der Waals surface area contributed by atoms with Crippen molar-refractivity contribution in [3.05, 3.63) is 96.6 Å². The second-order valence-corrected chi connectivity index (χ2v) is 19.4. The Morgan fingerprint density at radius 1 is 0.719 bits per heavy atom. The number of methoxy groups -OCH3 is 1. The Bertz CT molecular complexity index is 986. The highest BCUT2D eigenvalue weighted by Crippen LogP contribution is 2.40. The van der Waals surface area contributed by atoms with Crippen LogP contribution in [0.15, 0.2) is 91.0 Å². The lowest BCUT2D eigenvalue weighted by molar-refractivity contribution is -0.140. The minimum atomic E-state index is -1.94. The fraction of sp³-hybridized carbons (Fsp3) is 0.321. The number of esters is 1. The molecule has 3 rings (SSSR count). The Hall–Kier alpha value is -2.44. The van der Waals surface area contributed by atoms with Gasteiger partial charge in [0.05, 0.1) is 23.3 Å². The number of hydrogen-bond acceptors (Lipinski definition) is 2. The van der Waals surface area contributed by atoms with Crippen LogP contribution in [-0.2, 0) is 9.53 Å². The maximum Gasteiger partial charge on any atom is 0.305 e. The lowest BCUT2D eigenvalue weighted by Crippen LogP contribution is -2.51. The first-order chi connectivity index (χ1) is 15.3. The third-order valence-corrected chi connectivity index (χ3v) is 15.7. The number of rotatable bonds is 9. The van der Waals surface area contributed by atoms with Gasteiger partial charge in [0.2, 0.25) is 0 Å². The largest absolute Gasteiger partial charge is 0.469 e. The summed E-state index contributed by atoms with van der Waals surface area (Å²) in [6, 6.07) is 32.7. The third kappa shape index (κ3) is 5.48. The van der Waals surface area contributed by atoms with Crippen LogP contribution in [-0.4, -0.2) is 29.2 Å². The Labute approximate surface area is 195 Å². The van der Waals surface area contributed by atoms with Crippen molar-refractivity contribution in [2.45, 2.75) is 50.1 Å². The van der Waals surface area contributed by atoms with Gasteiger partial charge in [-0.25, -0.2) is 0 Å². The topological polar surface area (TPSA) is 26.3 Å². The van der Waals surface area contributed by atoms with E-state index in [1.807, 2.05) is 0 Å². The summed E-state index contributed by atoms with van der Waals surface area (Å²) in [5, 5.41) is 2.87. The van der Waals surface area contributed by atoms with Crippen LogP contribution in [0, 0.1) is 0 Å². The fourth-order valence-corrected chi connectivity index (χ4v) is 11.5. The lowest BCUT2D eigenvalue weighted by atomic mass is 10.1. The Morgan fingerprint density at radius 2 is 1.16 bits per heavy atom. The number of ether oxygens (including phenoxy) is 1. The molecule has 3 aromatic rings. The summed E-state index contributed by atoms with van der Waals surface area (Å²) in [4.78, 5) is 12.5. The molecule has 4 heteroatoms. The van der Waals surface area contributed by atoms with Gasteiger partial charge in [-0.05, 0) is 23.1 Å². The number of benzene rings is 3. The molecule has 3 aromatic carbocycles. The molecule has 32 heavy (non-hydrogen) atoms. The monoisotopic (exact) mass is 460 g/mol. The summed E-state index contributed by atoms with van der Waals surface area (Å²) in [6.07, 6.45) is 1.48. The molecule has 0 radical (unpaired) electrons. The van der Waals surface area contributed by atoms with Gasteiger partial charge in [-0.1, -0.05) is 128 Å². The summed E-state index contributed by atoms with van der Waals surface area (Å²) in [6.45, 7) is 9.78. The molecule has 2 nitrogen and oxygen atoms in total. The maximum atomic E-state index is 12.5. The molecule has 0 aliphatic rings. The van der Waals surface area contributed by atoms with E-state index < -0.39 is 16.1 Å². The van der Waals surface area contributed by atoms with Gasteiger partial charge < -0.3 is 4.74 Å².